The number of nitrogens with zero attached hydrogens (tertiary/aromatic N) is 6. The van der Waals surface area contributed by atoms with Crippen molar-refractivity contribution in [1.82, 2.24) is 24.6 Å². The van der Waals surface area contributed by atoms with Crippen molar-refractivity contribution in [3.05, 3.63) is 64.8 Å². The summed E-state index contributed by atoms with van der Waals surface area (Å²) in [6.45, 7) is 4.00. The quantitative estimate of drug-likeness (QED) is 0.461. The highest BCUT2D eigenvalue weighted by atomic mass is 35.5. The van der Waals surface area contributed by atoms with Crippen LogP contribution in [0.1, 0.15) is 29.8 Å². The van der Waals surface area contributed by atoms with Crippen molar-refractivity contribution < 1.29 is 0 Å². The molecule has 0 aromatic carbocycles. The number of pyridine rings is 2. The van der Waals surface area contributed by atoms with Crippen LogP contribution >= 0.6 is 23.4 Å². The highest BCUT2D eigenvalue weighted by molar-refractivity contribution is 7.99. The van der Waals surface area contributed by atoms with Crippen molar-refractivity contribution in [2.75, 3.05) is 23.7 Å². The summed E-state index contributed by atoms with van der Waals surface area (Å²) in [5.74, 6) is 1.32. The van der Waals surface area contributed by atoms with Gasteiger partial charge in [-0.2, -0.15) is 5.10 Å². The summed E-state index contributed by atoms with van der Waals surface area (Å²) in [6.07, 6.45) is 9.95. The van der Waals surface area contributed by atoms with Crippen LogP contribution in [0.3, 0.4) is 0 Å². The molecule has 4 aromatic rings. The standard InChI is InChI=1S/C24H24ClN7S/c1-15-23(33-19-5-9-28-21(26)20(19)25)32-18(4-10-29-32)22(30-15)31-11-6-24(7-12-31)13-16-3-2-8-27-17(16)14-24/h2-5,8-10H,6-7,11-14H2,1H3,(H2,26,28). The summed E-state index contributed by atoms with van der Waals surface area (Å²) in [6, 6.07) is 8.20. The van der Waals surface area contributed by atoms with Crippen LogP contribution in [0, 0.1) is 12.3 Å². The van der Waals surface area contributed by atoms with Crippen molar-refractivity contribution in [2.45, 2.75) is 42.5 Å². The number of hydrogen-bond acceptors (Lipinski definition) is 7. The van der Waals surface area contributed by atoms with Gasteiger partial charge in [0.15, 0.2) is 5.82 Å². The number of piperidine rings is 1. The molecule has 0 amide bonds. The lowest BCUT2D eigenvalue weighted by Gasteiger charge is -2.40. The van der Waals surface area contributed by atoms with Crippen LogP contribution in [0.5, 0.6) is 0 Å². The van der Waals surface area contributed by atoms with E-state index in [1.807, 2.05) is 36.0 Å². The van der Waals surface area contributed by atoms with Gasteiger partial charge in [0.1, 0.15) is 16.4 Å². The maximum absolute atomic E-state index is 6.40. The molecule has 7 nitrogen and oxygen atoms in total. The lowest BCUT2D eigenvalue weighted by molar-refractivity contribution is 0.231. The van der Waals surface area contributed by atoms with Gasteiger partial charge in [-0.05, 0) is 61.8 Å². The molecule has 0 saturated carbocycles. The van der Waals surface area contributed by atoms with Gasteiger partial charge in [0.2, 0.25) is 0 Å². The molecule has 33 heavy (non-hydrogen) atoms. The Hall–Kier alpha value is -2.84. The Bertz CT molecular complexity index is 1330. The van der Waals surface area contributed by atoms with Crippen molar-refractivity contribution in [3.8, 4) is 0 Å². The predicted molar refractivity (Wildman–Crippen MR) is 131 cm³/mol. The predicted octanol–water partition coefficient (Wildman–Crippen LogP) is 4.60. The SMILES string of the molecule is Cc1nc(N2CCC3(CC2)Cc2cccnc2C3)c2ccnn2c1Sc1ccnc(N)c1Cl. The molecule has 1 saturated heterocycles. The first-order chi connectivity index (χ1) is 16.0. The molecule has 168 valence electrons. The fourth-order valence-electron chi connectivity index (χ4n) is 5.19. The molecule has 1 fully saturated rings. The van der Waals surface area contributed by atoms with Crippen molar-refractivity contribution in [3.63, 3.8) is 0 Å². The van der Waals surface area contributed by atoms with Gasteiger partial charge in [-0.3, -0.25) is 4.98 Å². The second-order valence-electron chi connectivity index (χ2n) is 9.01. The second kappa shape index (κ2) is 7.88. The van der Waals surface area contributed by atoms with Crippen LogP contribution in [0.25, 0.3) is 5.52 Å². The van der Waals surface area contributed by atoms with Crippen LogP contribution in [0.4, 0.5) is 11.6 Å². The second-order valence-corrected chi connectivity index (χ2v) is 10.4. The Morgan fingerprint density at radius 3 is 2.73 bits per heavy atom. The summed E-state index contributed by atoms with van der Waals surface area (Å²) < 4.78 is 1.97. The normalized spacial score (nSPS) is 17.1. The number of hydrogen-bond donors (Lipinski definition) is 1. The summed E-state index contributed by atoms with van der Waals surface area (Å²) in [5, 5.41) is 6.00. The average Bonchev–Trinajstić information content (AvgIpc) is 3.44. The van der Waals surface area contributed by atoms with Crippen LogP contribution in [0.2, 0.25) is 5.02 Å². The van der Waals surface area contributed by atoms with Gasteiger partial charge in [0, 0.05) is 36.1 Å². The van der Waals surface area contributed by atoms with E-state index in [0.29, 0.717) is 16.3 Å². The molecule has 1 spiro atoms. The van der Waals surface area contributed by atoms with Gasteiger partial charge >= 0.3 is 0 Å². The Morgan fingerprint density at radius 1 is 1.06 bits per heavy atom. The molecule has 2 N–H and O–H groups in total. The van der Waals surface area contributed by atoms with E-state index >= 15 is 0 Å². The monoisotopic (exact) mass is 477 g/mol. The van der Waals surface area contributed by atoms with Crippen LogP contribution < -0.4 is 10.6 Å². The Labute approximate surface area is 201 Å². The first kappa shape index (κ1) is 20.7. The molecule has 0 bridgehead atoms. The fraction of sp³-hybridized carbons (Fsp3) is 0.333. The number of halogens is 1. The minimum Gasteiger partial charge on any atom is -0.382 e. The van der Waals surface area contributed by atoms with Gasteiger partial charge in [-0.1, -0.05) is 29.4 Å². The summed E-state index contributed by atoms with van der Waals surface area (Å²) in [4.78, 5) is 17.0. The van der Waals surface area contributed by atoms with Crippen LogP contribution in [0.15, 0.2) is 52.8 Å². The number of nitrogen functional groups attached to an aromatic ring is 1. The third kappa shape index (κ3) is 3.52. The van der Waals surface area contributed by atoms with Gasteiger partial charge in [0.05, 0.1) is 16.9 Å². The van der Waals surface area contributed by atoms with Crippen LogP contribution in [-0.4, -0.2) is 37.7 Å². The maximum Gasteiger partial charge on any atom is 0.155 e. The summed E-state index contributed by atoms with van der Waals surface area (Å²) in [7, 11) is 0. The summed E-state index contributed by atoms with van der Waals surface area (Å²) in [5.41, 5.74) is 10.9. The zero-order chi connectivity index (χ0) is 22.6. The number of nitrogens with two attached hydrogens (primary N) is 1. The summed E-state index contributed by atoms with van der Waals surface area (Å²) >= 11 is 7.91. The fourth-order valence-corrected chi connectivity index (χ4v) is 6.37. The van der Waals surface area contributed by atoms with Gasteiger partial charge in [-0.15, -0.1) is 0 Å². The molecule has 0 radical (unpaired) electrons. The highest BCUT2D eigenvalue weighted by Crippen LogP contribution is 2.45. The van der Waals surface area contributed by atoms with E-state index in [0.717, 1.165) is 65.7 Å². The Morgan fingerprint density at radius 2 is 1.91 bits per heavy atom. The third-order valence-corrected chi connectivity index (χ3v) is 8.68. The van der Waals surface area contributed by atoms with Gasteiger partial charge in [-0.25, -0.2) is 14.5 Å². The smallest absolute Gasteiger partial charge is 0.155 e. The molecule has 9 heteroatoms. The molecule has 0 atom stereocenters. The van der Waals surface area contributed by atoms with Gasteiger partial charge < -0.3 is 10.6 Å². The van der Waals surface area contributed by atoms with E-state index in [2.05, 4.69) is 32.1 Å². The van der Waals surface area contributed by atoms with Crippen molar-refractivity contribution in [2.24, 2.45) is 5.41 Å². The molecule has 1 aliphatic carbocycles. The molecule has 4 aromatic heterocycles. The number of aryl methyl sites for hydroxylation is 1. The van der Waals surface area contributed by atoms with Gasteiger partial charge in [0.25, 0.3) is 0 Å². The number of rotatable bonds is 3. The van der Waals surface area contributed by atoms with E-state index in [1.165, 1.54) is 23.0 Å². The molecular formula is C24H24ClN7S. The number of aromatic nitrogens is 5. The largest absolute Gasteiger partial charge is 0.382 e. The van der Waals surface area contributed by atoms with E-state index in [4.69, 9.17) is 22.3 Å². The first-order valence-electron chi connectivity index (χ1n) is 11.1. The molecule has 2 aliphatic rings. The first-order valence-corrected chi connectivity index (χ1v) is 12.3. The van der Waals surface area contributed by atoms with E-state index in [-0.39, 0.29) is 0 Å². The minimum absolute atomic E-state index is 0.326. The Balaban J connectivity index is 1.28. The molecular weight excluding hydrogens is 454 g/mol. The van der Waals surface area contributed by atoms with E-state index in [9.17, 15) is 0 Å². The zero-order valence-corrected chi connectivity index (χ0v) is 19.9. The average molecular weight is 478 g/mol. The minimum atomic E-state index is 0.326. The molecule has 1 aliphatic heterocycles. The van der Waals surface area contributed by atoms with Crippen LogP contribution in [-0.2, 0) is 12.8 Å². The lowest BCUT2D eigenvalue weighted by atomic mass is 9.76. The molecule has 5 heterocycles. The van der Waals surface area contributed by atoms with Crippen molar-refractivity contribution >= 4 is 40.5 Å². The number of anilines is 2. The zero-order valence-electron chi connectivity index (χ0n) is 18.3. The third-order valence-electron chi connectivity index (χ3n) is 6.95. The topological polar surface area (TPSA) is 85.2 Å². The Kier molecular flexibility index (Phi) is 4.96. The lowest BCUT2D eigenvalue weighted by Crippen LogP contribution is -2.41. The molecule has 6 rings (SSSR count). The number of fused-ring (bicyclic) bond motifs is 2. The van der Waals surface area contributed by atoms with E-state index in [1.54, 1.807) is 6.20 Å². The maximum atomic E-state index is 6.40. The highest BCUT2D eigenvalue weighted by Gasteiger charge is 2.41. The van der Waals surface area contributed by atoms with E-state index < -0.39 is 0 Å². The molecule has 0 unspecified atom stereocenters. The van der Waals surface area contributed by atoms with Crippen molar-refractivity contribution in [1.29, 1.82) is 0 Å².